The highest BCUT2D eigenvalue weighted by Gasteiger charge is 2.25. The molecule has 1 amide bonds. The maximum absolute atomic E-state index is 12.3. The molecule has 3 aromatic heterocycles. The summed E-state index contributed by atoms with van der Waals surface area (Å²) in [6.07, 6.45) is 8.25. The normalized spacial score (nSPS) is 17.6. The van der Waals surface area contributed by atoms with Gasteiger partial charge in [0, 0.05) is 44.8 Å². The third kappa shape index (κ3) is 3.02. The summed E-state index contributed by atoms with van der Waals surface area (Å²) in [5, 5.41) is 3.05. The molecule has 25 heavy (non-hydrogen) atoms. The minimum absolute atomic E-state index is 0.0519. The zero-order valence-corrected chi connectivity index (χ0v) is 14.0. The molecule has 1 aliphatic heterocycles. The summed E-state index contributed by atoms with van der Waals surface area (Å²) in [6, 6.07) is 3.90. The predicted octanol–water partition coefficient (Wildman–Crippen LogP) is 1.16. The third-order valence-corrected chi connectivity index (χ3v) is 4.44. The van der Waals surface area contributed by atoms with Gasteiger partial charge < -0.3 is 10.2 Å². The number of nitrogens with zero attached hydrogens (tertiary/aromatic N) is 6. The Hall–Kier alpha value is -3.03. The lowest BCUT2D eigenvalue weighted by Crippen LogP contribution is -2.48. The molecule has 128 valence electrons. The Kier molecular flexibility index (Phi) is 4.01. The van der Waals surface area contributed by atoms with Gasteiger partial charge in [0.15, 0.2) is 5.65 Å². The van der Waals surface area contributed by atoms with Crippen LogP contribution in [0.1, 0.15) is 23.3 Å². The summed E-state index contributed by atoms with van der Waals surface area (Å²) in [6.45, 7) is 1.62. The van der Waals surface area contributed by atoms with Crippen molar-refractivity contribution >= 4 is 23.0 Å². The zero-order valence-electron chi connectivity index (χ0n) is 14.0. The molecule has 0 saturated carbocycles. The van der Waals surface area contributed by atoms with Crippen LogP contribution < -0.4 is 10.2 Å². The Morgan fingerprint density at radius 3 is 3.00 bits per heavy atom. The molecule has 4 rings (SSSR count). The van der Waals surface area contributed by atoms with Crippen LogP contribution >= 0.6 is 0 Å². The number of rotatable bonds is 3. The average Bonchev–Trinajstić information content (AvgIpc) is 3.00. The Labute approximate surface area is 144 Å². The number of fused-ring (bicyclic) bond motifs is 1. The first-order chi connectivity index (χ1) is 12.2. The second-order valence-corrected chi connectivity index (χ2v) is 6.17. The summed E-state index contributed by atoms with van der Waals surface area (Å²) < 4.78 is 2.00. The van der Waals surface area contributed by atoms with Gasteiger partial charge in [-0.15, -0.1) is 0 Å². The van der Waals surface area contributed by atoms with Crippen molar-refractivity contribution in [2.75, 3.05) is 18.0 Å². The van der Waals surface area contributed by atoms with E-state index in [9.17, 15) is 4.79 Å². The van der Waals surface area contributed by atoms with E-state index in [1.165, 1.54) is 12.4 Å². The van der Waals surface area contributed by atoms with E-state index in [2.05, 4.69) is 25.2 Å². The van der Waals surface area contributed by atoms with Crippen LogP contribution in [0.25, 0.3) is 11.2 Å². The van der Waals surface area contributed by atoms with Crippen LogP contribution in [-0.4, -0.2) is 49.5 Å². The minimum atomic E-state index is -0.188. The van der Waals surface area contributed by atoms with E-state index >= 15 is 0 Å². The van der Waals surface area contributed by atoms with Crippen LogP contribution in [0.2, 0.25) is 0 Å². The summed E-state index contributed by atoms with van der Waals surface area (Å²) in [4.78, 5) is 31.6. The highest BCUT2D eigenvalue weighted by Crippen LogP contribution is 2.22. The number of piperidine rings is 1. The summed E-state index contributed by atoms with van der Waals surface area (Å²) in [5.41, 5.74) is 2.08. The van der Waals surface area contributed by atoms with Crippen LogP contribution in [0.5, 0.6) is 0 Å². The van der Waals surface area contributed by atoms with Gasteiger partial charge >= 0.3 is 0 Å². The largest absolute Gasteiger partial charge is 0.346 e. The number of aromatic nitrogens is 5. The maximum atomic E-state index is 12.3. The summed E-state index contributed by atoms with van der Waals surface area (Å²) in [5.74, 6) is 0.693. The van der Waals surface area contributed by atoms with E-state index in [4.69, 9.17) is 4.98 Å². The first kappa shape index (κ1) is 15.5. The van der Waals surface area contributed by atoms with E-state index in [1.54, 1.807) is 12.4 Å². The number of carbonyl (C=O) groups is 1. The number of imidazole rings is 1. The fourth-order valence-electron chi connectivity index (χ4n) is 3.25. The Morgan fingerprint density at radius 1 is 1.28 bits per heavy atom. The number of carbonyl (C=O) groups excluding carboxylic acids is 1. The molecule has 0 bridgehead atoms. The molecule has 0 aromatic carbocycles. The van der Waals surface area contributed by atoms with Crippen LogP contribution in [0.3, 0.4) is 0 Å². The van der Waals surface area contributed by atoms with E-state index < -0.39 is 0 Å². The molecule has 1 atom stereocenters. The van der Waals surface area contributed by atoms with E-state index in [-0.39, 0.29) is 11.9 Å². The van der Waals surface area contributed by atoms with Crippen molar-refractivity contribution in [1.29, 1.82) is 0 Å². The van der Waals surface area contributed by atoms with E-state index in [1.807, 2.05) is 23.7 Å². The zero-order chi connectivity index (χ0) is 17.2. The smallest absolute Gasteiger partial charge is 0.271 e. The van der Waals surface area contributed by atoms with Crippen LogP contribution in [-0.2, 0) is 7.05 Å². The Bertz CT molecular complexity index is 892. The molecule has 1 N–H and O–H groups in total. The molecule has 0 spiro atoms. The fourth-order valence-corrected chi connectivity index (χ4v) is 3.25. The van der Waals surface area contributed by atoms with Crippen molar-refractivity contribution in [2.24, 2.45) is 7.05 Å². The van der Waals surface area contributed by atoms with Crippen molar-refractivity contribution in [3.8, 4) is 0 Å². The van der Waals surface area contributed by atoms with Crippen molar-refractivity contribution < 1.29 is 4.79 Å². The number of hydrogen-bond donors (Lipinski definition) is 1. The van der Waals surface area contributed by atoms with Gasteiger partial charge in [-0.05, 0) is 25.0 Å². The molecule has 1 saturated heterocycles. The first-order valence-corrected chi connectivity index (χ1v) is 8.31. The number of pyridine rings is 1. The van der Waals surface area contributed by atoms with Crippen LogP contribution in [0, 0.1) is 0 Å². The summed E-state index contributed by atoms with van der Waals surface area (Å²) in [7, 11) is 1.97. The maximum Gasteiger partial charge on any atom is 0.271 e. The quantitative estimate of drug-likeness (QED) is 0.771. The van der Waals surface area contributed by atoms with Gasteiger partial charge in [-0.1, -0.05) is 0 Å². The number of amides is 1. The van der Waals surface area contributed by atoms with Gasteiger partial charge in [0.25, 0.3) is 5.91 Å². The number of nitrogens with one attached hydrogen (secondary N) is 1. The molecule has 3 aromatic rings. The van der Waals surface area contributed by atoms with Crippen molar-refractivity contribution in [2.45, 2.75) is 18.9 Å². The predicted molar refractivity (Wildman–Crippen MR) is 93.2 cm³/mol. The summed E-state index contributed by atoms with van der Waals surface area (Å²) >= 11 is 0. The first-order valence-electron chi connectivity index (χ1n) is 8.31. The number of hydrogen-bond acceptors (Lipinski definition) is 6. The number of anilines is 1. The SMILES string of the molecule is Cn1c(N2CCCC(NC(=O)c3cnccn3)C2)nc2cccnc21. The van der Waals surface area contributed by atoms with E-state index in [0.29, 0.717) is 12.2 Å². The van der Waals surface area contributed by atoms with Gasteiger partial charge in [0.05, 0.1) is 6.20 Å². The van der Waals surface area contributed by atoms with E-state index in [0.717, 1.165) is 36.5 Å². The monoisotopic (exact) mass is 337 g/mol. The molecule has 1 aliphatic rings. The number of aryl methyl sites for hydroxylation is 1. The lowest BCUT2D eigenvalue weighted by Gasteiger charge is -2.33. The molecular formula is C17H19N7O. The Balaban J connectivity index is 1.51. The van der Waals surface area contributed by atoms with Gasteiger partial charge in [0.2, 0.25) is 5.95 Å². The lowest BCUT2D eigenvalue weighted by molar-refractivity contribution is 0.0927. The Morgan fingerprint density at radius 2 is 2.20 bits per heavy atom. The molecule has 0 aliphatic carbocycles. The van der Waals surface area contributed by atoms with Crippen molar-refractivity contribution in [3.63, 3.8) is 0 Å². The van der Waals surface area contributed by atoms with Gasteiger partial charge in [-0.25, -0.2) is 15.0 Å². The van der Waals surface area contributed by atoms with Gasteiger partial charge in [-0.3, -0.25) is 14.3 Å². The standard InChI is InChI=1S/C17H19N7O/c1-23-15-13(5-2-6-20-15)22-17(23)24-9-3-4-12(11-24)21-16(25)14-10-18-7-8-19-14/h2,5-8,10,12H,3-4,9,11H2,1H3,(H,21,25). The molecule has 8 heteroatoms. The lowest BCUT2D eigenvalue weighted by atomic mass is 10.1. The van der Waals surface area contributed by atoms with Gasteiger partial charge in [0.1, 0.15) is 11.2 Å². The minimum Gasteiger partial charge on any atom is -0.346 e. The van der Waals surface area contributed by atoms with Crippen molar-refractivity contribution in [3.05, 3.63) is 42.6 Å². The molecule has 8 nitrogen and oxygen atoms in total. The molecule has 4 heterocycles. The fraction of sp³-hybridized carbons (Fsp3) is 0.353. The molecule has 1 fully saturated rings. The molecule has 0 radical (unpaired) electrons. The van der Waals surface area contributed by atoms with Crippen molar-refractivity contribution in [1.82, 2.24) is 29.8 Å². The average molecular weight is 337 g/mol. The van der Waals surface area contributed by atoms with Gasteiger partial charge in [-0.2, -0.15) is 0 Å². The second kappa shape index (κ2) is 6.46. The molecule has 1 unspecified atom stereocenters. The second-order valence-electron chi connectivity index (χ2n) is 6.17. The highest BCUT2D eigenvalue weighted by atomic mass is 16.2. The highest BCUT2D eigenvalue weighted by molar-refractivity contribution is 5.92. The molecular weight excluding hydrogens is 318 g/mol. The third-order valence-electron chi connectivity index (χ3n) is 4.44. The van der Waals surface area contributed by atoms with Crippen LogP contribution in [0.15, 0.2) is 36.9 Å². The topological polar surface area (TPSA) is 88.8 Å². The van der Waals surface area contributed by atoms with Crippen LogP contribution in [0.4, 0.5) is 5.95 Å².